The first-order valence-electron chi connectivity index (χ1n) is 5.77. The molecule has 92 valence electrons. The monoisotopic (exact) mass is 246 g/mol. The first kappa shape index (κ1) is 11.0. The molecule has 0 radical (unpaired) electrons. The Morgan fingerprint density at radius 2 is 1.89 bits per heavy atom. The van der Waals surface area contributed by atoms with E-state index in [0.29, 0.717) is 24.4 Å². The van der Waals surface area contributed by atoms with Gasteiger partial charge in [0.05, 0.1) is 0 Å². The summed E-state index contributed by atoms with van der Waals surface area (Å²) in [5.41, 5.74) is 0.798. The van der Waals surface area contributed by atoms with Gasteiger partial charge in [-0.3, -0.25) is 4.79 Å². The van der Waals surface area contributed by atoms with E-state index >= 15 is 0 Å². The third kappa shape index (κ3) is 2.01. The van der Waals surface area contributed by atoms with E-state index in [4.69, 9.17) is 9.15 Å². The minimum Gasteiger partial charge on any atom is -0.457 e. The molecule has 3 nitrogen and oxygen atoms in total. The van der Waals surface area contributed by atoms with Crippen molar-refractivity contribution in [1.29, 1.82) is 0 Å². The van der Waals surface area contributed by atoms with Crippen LogP contribution in [0.2, 0.25) is 0 Å². The number of hydrogen-bond donors (Lipinski definition) is 0. The molecule has 18 heavy (non-hydrogen) atoms. The van der Waals surface area contributed by atoms with E-state index in [9.17, 15) is 9.18 Å². The molecule has 0 saturated carbocycles. The summed E-state index contributed by atoms with van der Waals surface area (Å²) in [5, 5.41) is 0. The Labute approximate surface area is 103 Å². The topological polar surface area (TPSA) is 39.4 Å². The standard InChI is InChI=1S/C14H11FO3/c15-10-3-1-9(2-4-10)11-5-6-12(17-11)13-7-8-14(16)18-13/h1-6,13H,7-8H2. The van der Waals surface area contributed by atoms with Gasteiger partial charge in [-0.2, -0.15) is 0 Å². The molecule has 3 rings (SSSR count). The number of furan rings is 1. The average Bonchev–Trinajstić information content (AvgIpc) is 2.98. The molecule has 0 amide bonds. The highest BCUT2D eigenvalue weighted by atomic mass is 19.1. The highest BCUT2D eigenvalue weighted by Crippen LogP contribution is 2.33. The van der Waals surface area contributed by atoms with Gasteiger partial charge in [-0.25, -0.2) is 4.39 Å². The van der Waals surface area contributed by atoms with Gasteiger partial charge in [0, 0.05) is 18.4 Å². The molecule has 1 aliphatic heterocycles. The summed E-state index contributed by atoms with van der Waals surface area (Å²) in [7, 11) is 0. The number of hydrogen-bond acceptors (Lipinski definition) is 3. The minimum absolute atomic E-state index is 0.195. The summed E-state index contributed by atoms with van der Waals surface area (Å²) >= 11 is 0. The van der Waals surface area contributed by atoms with Crippen LogP contribution < -0.4 is 0 Å². The van der Waals surface area contributed by atoms with Crippen LogP contribution in [-0.2, 0) is 9.53 Å². The molecule has 0 N–H and O–H groups in total. The molecule has 1 unspecified atom stereocenters. The van der Waals surface area contributed by atoms with Crippen LogP contribution in [0.3, 0.4) is 0 Å². The van der Waals surface area contributed by atoms with Gasteiger partial charge >= 0.3 is 5.97 Å². The Kier molecular flexibility index (Phi) is 2.63. The van der Waals surface area contributed by atoms with E-state index in [1.54, 1.807) is 24.3 Å². The van der Waals surface area contributed by atoms with Crippen molar-refractivity contribution in [2.75, 3.05) is 0 Å². The maximum absolute atomic E-state index is 12.8. The van der Waals surface area contributed by atoms with Gasteiger partial charge in [0.15, 0.2) is 6.10 Å². The Balaban J connectivity index is 1.85. The zero-order chi connectivity index (χ0) is 12.5. The van der Waals surface area contributed by atoms with Crippen LogP contribution in [0.1, 0.15) is 24.7 Å². The number of esters is 1. The highest BCUT2D eigenvalue weighted by molar-refractivity contribution is 5.71. The molecule has 1 aliphatic rings. The molecule has 0 bridgehead atoms. The first-order valence-corrected chi connectivity index (χ1v) is 5.77. The van der Waals surface area contributed by atoms with E-state index < -0.39 is 0 Å². The quantitative estimate of drug-likeness (QED) is 0.762. The van der Waals surface area contributed by atoms with Crippen LogP contribution in [0.25, 0.3) is 11.3 Å². The van der Waals surface area contributed by atoms with Crippen molar-refractivity contribution in [3.63, 3.8) is 0 Å². The summed E-state index contributed by atoms with van der Waals surface area (Å²) in [6.45, 7) is 0. The van der Waals surface area contributed by atoms with Crippen molar-refractivity contribution in [3.05, 3.63) is 48.0 Å². The Morgan fingerprint density at radius 1 is 1.11 bits per heavy atom. The molecule has 1 atom stereocenters. The number of ether oxygens (including phenoxy) is 1. The molecule has 1 aromatic carbocycles. The summed E-state index contributed by atoms with van der Waals surface area (Å²) in [6.07, 6.45) is 0.790. The lowest BCUT2D eigenvalue weighted by Gasteiger charge is -2.04. The molecule has 0 spiro atoms. The molecule has 0 aliphatic carbocycles. The van der Waals surface area contributed by atoms with E-state index in [-0.39, 0.29) is 17.9 Å². The van der Waals surface area contributed by atoms with Gasteiger partial charge in [0.2, 0.25) is 0 Å². The van der Waals surface area contributed by atoms with Crippen molar-refractivity contribution >= 4 is 5.97 Å². The zero-order valence-electron chi connectivity index (χ0n) is 9.56. The fourth-order valence-corrected chi connectivity index (χ4v) is 2.02. The van der Waals surface area contributed by atoms with E-state index in [1.165, 1.54) is 12.1 Å². The molecule has 1 aromatic heterocycles. The normalized spacial score (nSPS) is 18.9. The Bertz CT molecular complexity index is 571. The van der Waals surface area contributed by atoms with Crippen molar-refractivity contribution in [2.45, 2.75) is 18.9 Å². The zero-order valence-corrected chi connectivity index (χ0v) is 9.56. The lowest BCUT2D eigenvalue weighted by Crippen LogP contribution is -1.96. The van der Waals surface area contributed by atoms with E-state index in [0.717, 1.165) is 5.56 Å². The molecule has 2 aromatic rings. The van der Waals surface area contributed by atoms with Gasteiger partial charge in [-0.05, 0) is 36.4 Å². The smallest absolute Gasteiger partial charge is 0.306 e. The van der Waals surface area contributed by atoms with Crippen LogP contribution in [0.4, 0.5) is 4.39 Å². The van der Waals surface area contributed by atoms with Gasteiger partial charge in [0.25, 0.3) is 0 Å². The Morgan fingerprint density at radius 3 is 2.56 bits per heavy atom. The van der Waals surface area contributed by atoms with Gasteiger partial charge in [-0.1, -0.05) is 0 Å². The third-order valence-electron chi connectivity index (χ3n) is 2.96. The number of halogens is 1. The van der Waals surface area contributed by atoms with E-state index in [2.05, 4.69) is 0 Å². The summed E-state index contributed by atoms with van der Waals surface area (Å²) in [4.78, 5) is 11.0. The number of carbonyl (C=O) groups is 1. The van der Waals surface area contributed by atoms with Gasteiger partial charge in [0.1, 0.15) is 17.3 Å². The number of cyclic esters (lactones) is 1. The lowest BCUT2D eigenvalue weighted by molar-refractivity contribution is -0.142. The lowest BCUT2D eigenvalue weighted by atomic mass is 10.2. The van der Waals surface area contributed by atoms with Crippen LogP contribution in [0, 0.1) is 5.82 Å². The summed E-state index contributed by atoms with van der Waals surface area (Å²) < 4.78 is 23.6. The average molecular weight is 246 g/mol. The molecule has 4 heteroatoms. The third-order valence-corrected chi connectivity index (χ3v) is 2.96. The SMILES string of the molecule is O=C1CCC(c2ccc(-c3ccc(F)cc3)o2)O1. The molecule has 2 heterocycles. The minimum atomic E-state index is -0.285. The summed E-state index contributed by atoms with van der Waals surface area (Å²) in [5.74, 6) is 0.808. The van der Waals surface area contributed by atoms with Crippen molar-refractivity contribution in [2.24, 2.45) is 0 Å². The molecular formula is C14H11FO3. The largest absolute Gasteiger partial charge is 0.457 e. The maximum atomic E-state index is 12.8. The summed E-state index contributed by atoms with van der Waals surface area (Å²) in [6, 6.07) is 9.66. The van der Waals surface area contributed by atoms with Gasteiger partial charge in [-0.15, -0.1) is 0 Å². The van der Waals surface area contributed by atoms with Crippen LogP contribution in [-0.4, -0.2) is 5.97 Å². The number of benzene rings is 1. The first-order chi connectivity index (χ1) is 8.72. The highest BCUT2D eigenvalue weighted by Gasteiger charge is 2.27. The van der Waals surface area contributed by atoms with Gasteiger partial charge < -0.3 is 9.15 Å². The molecule has 1 fully saturated rings. The van der Waals surface area contributed by atoms with Crippen molar-refractivity contribution in [3.8, 4) is 11.3 Å². The van der Waals surface area contributed by atoms with Crippen molar-refractivity contribution in [1.82, 2.24) is 0 Å². The van der Waals surface area contributed by atoms with E-state index in [1.807, 2.05) is 0 Å². The van der Waals surface area contributed by atoms with Crippen LogP contribution in [0.5, 0.6) is 0 Å². The molecule has 1 saturated heterocycles. The second-order valence-corrected chi connectivity index (χ2v) is 4.23. The molecular weight excluding hydrogens is 235 g/mol. The Hall–Kier alpha value is -2.10. The van der Waals surface area contributed by atoms with Crippen molar-refractivity contribution < 1.29 is 18.3 Å². The van der Waals surface area contributed by atoms with Crippen LogP contribution >= 0.6 is 0 Å². The van der Waals surface area contributed by atoms with Crippen LogP contribution in [0.15, 0.2) is 40.8 Å². The second kappa shape index (κ2) is 4.29. The second-order valence-electron chi connectivity index (χ2n) is 4.23. The number of carbonyl (C=O) groups excluding carboxylic acids is 1. The predicted octanol–water partition coefficient (Wildman–Crippen LogP) is 3.46. The number of rotatable bonds is 2. The fraction of sp³-hybridized carbons (Fsp3) is 0.214. The predicted molar refractivity (Wildman–Crippen MR) is 62.2 cm³/mol. The fourth-order valence-electron chi connectivity index (χ4n) is 2.02. The maximum Gasteiger partial charge on any atom is 0.306 e.